The zero-order valence-electron chi connectivity index (χ0n) is 10.5. The molecule has 19 heavy (non-hydrogen) atoms. The van der Waals surface area contributed by atoms with Crippen LogP contribution in [0.15, 0.2) is 52.3 Å². The van der Waals surface area contributed by atoms with Gasteiger partial charge in [-0.15, -0.1) is 0 Å². The first-order chi connectivity index (χ1) is 9.22. The Morgan fingerprint density at radius 1 is 1.21 bits per heavy atom. The molecule has 0 aliphatic rings. The zero-order valence-corrected chi connectivity index (χ0v) is 12.1. The summed E-state index contributed by atoms with van der Waals surface area (Å²) >= 11 is 7.43. The van der Waals surface area contributed by atoms with E-state index in [1.807, 2.05) is 49.5 Å². The Kier molecular flexibility index (Phi) is 4.86. The largest absolute Gasteiger partial charge is 0.316 e. The molecular weight excluding hydrogens is 276 g/mol. The summed E-state index contributed by atoms with van der Waals surface area (Å²) in [5, 5.41) is 13.0. The van der Waals surface area contributed by atoms with Crippen molar-refractivity contribution >= 4 is 23.4 Å². The van der Waals surface area contributed by atoms with E-state index >= 15 is 0 Å². The average Bonchev–Trinajstić information content (AvgIpc) is 2.43. The molecule has 0 aliphatic heterocycles. The molecule has 0 fully saturated rings. The summed E-state index contributed by atoms with van der Waals surface area (Å²) in [6, 6.07) is 15.8. The van der Waals surface area contributed by atoms with Crippen LogP contribution in [0, 0.1) is 11.3 Å². The molecule has 0 spiro atoms. The van der Waals surface area contributed by atoms with Crippen LogP contribution in [0.5, 0.6) is 0 Å². The van der Waals surface area contributed by atoms with Crippen molar-refractivity contribution in [2.45, 2.75) is 16.3 Å². The molecular formula is C15H13ClN2S. The number of halogens is 1. The fourth-order valence-electron chi connectivity index (χ4n) is 1.70. The molecule has 4 heteroatoms. The minimum Gasteiger partial charge on any atom is -0.316 e. The third-order valence-corrected chi connectivity index (χ3v) is 3.92. The average molecular weight is 289 g/mol. The van der Waals surface area contributed by atoms with Gasteiger partial charge in [-0.05, 0) is 49.0 Å². The van der Waals surface area contributed by atoms with Crippen molar-refractivity contribution < 1.29 is 0 Å². The molecule has 0 aromatic heterocycles. The van der Waals surface area contributed by atoms with Crippen molar-refractivity contribution in [3.8, 4) is 6.07 Å². The van der Waals surface area contributed by atoms with E-state index in [0.717, 1.165) is 21.9 Å². The predicted molar refractivity (Wildman–Crippen MR) is 79.5 cm³/mol. The molecule has 2 nitrogen and oxygen atoms in total. The lowest BCUT2D eigenvalue weighted by atomic mass is 10.1. The smallest absolute Gasteiger partial charge is 0.100 e. The van der Waals surface area contributed by atoms with E-state index < -0.39 is 0 Å². The Bertz CT molecular complexity index is 603. The molecule has 1 N–H and O–H groups in total. The van der Waals surface area contributed by atoms with Gasteiger partial charge in [0, 0.05) is 21.4 Å². The van der Waals surface area contributed by atoms with Gasteiger partial charge in [-0.1, -0.05) is 29.4 Å². The molecule has 0 radical (unpaired) electrons. The van der Waals surface area contributed by atoms with E-state index in [1.54, 1.807) is 11.8 Å². The first kappa shape index (κ1) is 14.0. The normalized spacial score (nSPS) is 10.2. The number of hydrogen-bond donors (Lipinski definition) is 1. The lowest BCUT2D eigenvalue weighted by Crippen LogP contribution is -2.05. The molecule has 0 bridgehead atoms. The maximum absolute atomic E-state index is 9.23. The van der Waals surface area contributed by atoms with Crippen molar-refractivity contribution in [1.29, 1.82) is 5.26 Å². The summed E-state index contributed by atoms with van der Waals surface area (Å²) in [5.41, 5.74) is 1.81. The van der Waals surface area contributed by atoms with Crippen molar-refractivity contribution in [3.63, 3.8) is 0 Å². The summed E-state index contributed by atoms with van der Waals surface area (Å²) in [6.07, 6.45) is 0. The van der Waals surface area contributed by atoms with Gasteiger partial charge in [-0.25, -0.2) is 0 Å². The molecule has 2 aromatic rings. The summed E-state index contributed by atoms with van der Waals surface area (Å²) in [7, 11) is 1.89. The van der Waals surface area contributed by atoms with Crippen molar-refractivity contribution in [2.75, 3.05) is 7.05 Å². The van der Waals surface area contributed by atoms with Crippen LogP contribution in [-0.4, -0.2) is 7.05 Å². The minimum atomic E-state index is 0.702. The van der Waals surface area contributed by atoms with Crippen molar-refractivity contribution in [3.05, 3.63) is 58.6 Å². The predicted octanol–water partition coefficient (Wildman–Crippen LogP) is 4.08. The highest BCUT2D eigenvalue weighted by molar-refractivity contribution is 7.99. The molecule has 0 saturated carbocycles. The Morgan fingerprint density at radius 3 is 2.58 bits per heavy atom. The Hall–Kier alpha value is -1.47. The summed E-state index contributed by atoms with van der Waals surface area (Å²) < 4.78 is 0. The van der Waals surface area contributed by atoms with Crippen molar-refractivity contribution in [1.82, 2.24) is 5.32 Å². The van der Waals surface area contributed by atoms with E-state index in [0.29, 0.717) is 10.6 Å². The quantitative estimate of drug-likeness (QED) is 0.921. The zero-order chi connectivity index (χ0) is 13.7. The van der Waals surface area contributed by atoms with Crippen LogP contribution in [-0.2, 0) is 6.54 Å². The SMILES string of the molecule is CNCc1ccc(Sc2ccc(Cl)cc2)c(C#N)c1. The van der Waals surface area contributed by atoms with E-state index in [9.17, 15) is 5.26 Å². The maximum Gasteiger partial charge on any atom is 0.100 e. The second-order valence-corrected chi connectivity index (χ2v) is 5.58. The van der Waals surface area contributed by atoms with Gasteiger partial charge in [0.15, 0.2) is 0 Å². The van der Waals surface area contributed by atoms with E-state index in [1.165, 1.54) is 0 Å². The Labute approximate surface area is 122 Å². The topological polar surface area (TPSA) is 35.8 Å². The summed E-state index contributed by atoms with van der Waals surface area (Å²) in [6.45, 7) is 0.764. The van der Waals surface area contributed by atoms with Gasteiger partial charge in [-0.2, -0.15) is 5.26 Å². The van der Waals surface area contributed by atoms with Gasteiger partial charge in [0.1, 0.15) is 6.07 Å². The van der Waals surface area contributed by atoms with Gasteiger partial charge in [0.2, 0.25) is 0 Å². The van der Waals surface area contributed by atoms with Crippen LogP contribution in [0.2, 0.25) is 5.02 Å². The minimum absolute atomic E-state index is 0.702. The third-order valence-electron chi connectivity index (χ3n) is 2.59. The van der Waals surface area contributed by atoms with E-state index in [4.69, 9.17) is 11.6 Å². The molecule has 2 aromatic carbocycles. The monoisotopic (exact) mass is 288 g/mol. The van der Waals surface area contributed by atoms with Crippen LogP contribution in [0.4, 0.5) is 0 Å². The van der Waals surface area contributed by atoms with Crippen LogP contribution in [0.3, 0.4) is 0 Å². The number of hydrogen-bond acceptors (Lipinski definition) is 3. The highest BCUT2D eigenvalue weighted by Gasteiger charge is 2.05. The number of nitrogens with one attached hydrogen (secondary N) is 1. The van der Waals surface area contributed by atoms with Crippen LogP contribution in [0.1, 0.15) is 11.1 Å². The number of benzene rings is 2. The van der Waals surface area contributed by atoms with E-state index in [-0.39, 0.29) is 0 Å². The molecule has 0 heterocycles. The van der Waals surface area contributed by atoms with Gasteiger partial charge in [0.05, 0.1) is 5.56 Å². The molecule has 2 rings (SSSR count). The Balaban J connectivity index is 2.25. The highest BCUT2D eigenvalue weighted by Crippen LogP contribution is 2.31. The standard InChI is InChI=1S/C15H13ClN2S/c1-18-10-11-2-7-15(12(8-11)9-17)19-14-5-3-13(16)4-6-14/h2-8,18H,10H2,1H3. The summed E-state index contributed by atoms with van der Waals surface area (Å²) in [4.78, 5) is 2.03. The second kappa shape index (κ2) is 6.63. The number of nitriles is 1. The van der Waals surface area contributed by atoms with Crippen LogP contribution < -0.4 is 5.32 Å². The molecule has 0 amide bonds. The van der Waals surface area contributed by atoms with Gasteiger partial charge in [0.25, 0.3) is 0 Å². The van der Waals surface area contributed by atoms with Crippen LogP contribution >= 0.6 is 23.4 Å². The number of rotatable bonds is 4. The lowest BCUT2D eigenvalue weighted by molar-refractivity contribution is 0.816. The van der Waals surface area contributed by atoms with E-state index in [2.05, 4.69) is 11.4 Å². The highest BCUT2D eigenvalue weighted by atomic mass is 35.5. The third kappa shape index (κ3) is 3.74. The van der Waals surface area contributed by atoms with Gasteiger partial charge >= 0.3 is 0 Å². The van der Waals surface area contributed by atoms with Gasteiger partial charge < -0.3 is 5.32 Å². The first-order valence-electron chi connectivity index (χ1n) is 5.84. The fourth-order valence-corrected chi connectivity index (χ4v) is 2.70. The summed E-state index contributed by atoms with van der Waals surface area (Å²) in [5.74, 6) is 0. The molecule has 96 valence electrons. The molecule has 0 saturated heterocycles. The lowest BCUT2D eigenvalue weighted by Gasteiger charge is -2.07. The van der Waals surface area contributed by atoms with Gasteiger partial charge in [-0.3, -0.25) is 0 Å². The molecule has 0 aliphatic carbocycles. The molecule has 0 atom stereocenters. The van der Waals surface area contributed by atoms with Crippen LogP contribution in [0.25, 0.3) is 0 Å². The first-order valence-corrected chi connectivity index (χ1v) is 7.03. The number of nitrogens with zero attached hydrogens (tertiary/aromatic N) is 1. The second-order valence-electron chi connectivity index (χ2n) is 4.03. The molecule has 0 unspecified atom stereocenters. The maximum atomic E-state index is 9.23. The Morgan fingerprint density at radius 2 is 1.95 bits per heavy atom. The van der Waals surface area contributed by atoms with Crippen molar-refractivity contribution in [2.24, 2.45) is 0 Å². The fraction of sp³-hybridized carbons (Fsp3) is 0.133.